The van der Waals surface area contributed by atoms with Crippen molar-refractivity contribution in [1.82, 2.24) is 0 Å². The lowest BCUT2D eigenvalue weighted by Crippen LogP contribution is -2.23. The molecule has 0 N–H and O–H groups in total. The topological polar surface area (TPSA) is 44.1 Å². The maximum Gasteiger partial charge on any atom is 0.183 e. The Morgan fingerprint density at radius 2 is 1.72 bits per heavy atom. The smallest absolute Gasteiger partial charge is 0.183 e. The molecule has 158 valence electrons. The van der Waals surface area contributed by atoms with Crippen LogP contribution < -0.4 is 4.31 Å². The third-order valence-corrected chi connectivity index (χ3v) is 8.35. The predicted molar refractivity (Wildman–Crippen MR) is 134 cm³/mol. The van der Waals surface area contributed by atoms with Gasteiger partial charge in [0.25, 0.3) is 0 Å². The van der Waals surface area contributed by atoms with Crippen LogP contribution in [-0.2, 0) is 12.8 Å². The van der Waals surface area contributed by atoms with Crippen molar-refractivity contribution in [3.05, 3.63) is 94.4 Å². The summed E-state index contributed by atoms with van der Waals surface area (Å²) in [5, 5.41) is 13.3. The molecule has 1 aliphatic carbocycles. The number of Topliss-reactive ketones (excluding diaryl/α,β-unsaturated/α-hetero) is 1. The van der Waals surface area contributed by atoms with Crippen molar-refractivity contribution in [1.29, 1.82) is 5.26 Å². The van der Waals surface area contributed by atoms with Crippen LogP contribution in [0.3, 0.4) is 0 Å². The van der Waals surface area contributed by atoms with E-state index in [0.717, 1.165) is 51.9 Å². The van der Waals surface area contributed by atoms with Crippen LogP contribution in [0.4, 0.5) is 5.00 Å². The summed E-state index contributed by atoms with van der Waals surface area (Å²) in [5.74, 6) is 0.0496. The normalized spacial score (nSPS) is 12.8. The molecule has 1 heterocycles. The average molecular weight is 455 g/mol. The number of carbonyl (C=O) groups excluding carboxylic acids is 1. The van der Waals surface area contributed by atoms with Crippen LogP contribution in [0.2, 0.25) is 0 Å². The van der Waals surface area contributed by atoms with Crippen LogP contribution in [0.25, 0.3) is 10.8 Å². The summed E-state index contributed by atoms with van der Waals surface area (Å²) in [6, 6.07) is 26.4. The summed E-state index contributed by atoms with van der Waals surface area (Å²) in [6.07, 6.45) is 4.26. The molecule has 5 rings (SSSR count). The number of rotatable bonds is 6. The van der Waals surface area contributed by atoms with Crippen LogP contribution >= 0.6 is 23.3 Å². The van der Waals surface area contributed by atoms with Gasteiger partial charge in [-0.1, -0.05) is 66.7 Å². The summed E-state index contributed by atoms with van der Waals surface area (Å²) in [6.45, 7) is 0.214. The standard InChI is InChI=1S/C27H22N2OS2/c28-17-23-22-14-6-7-15-25(22)31-27(23)29(18-24(30)20-10-2-1-3-11-20)32-26-16-8-12-19-9-4-5-13-21(19)26/h1-5,8-13,16H,6-7,14-15,18H2. The van der Waals surface area contributed by atoms with Crippen molar-refractivity contribution in [3.8, 4) is 6.07 Å². The maximum absolute atomic E-state index is 13.2. The first-order valence-electron chi connectivity index (χ1n) is 10.8. The molecule has 1 aliphatic rings. The quantitative estimate of drug-likeness (QED) is 0.231. The Kier molecular flexibility index (Phi) is 5.98. The van der Waals surface area contributed by atoms with E-state index in [1.807, 2.05) is 52.8 Å². The Hall–Kier alpha value is -3.07. The predicted octanol–water partition coefficient (Wildman–Crippen LogP) is 7.05. The van der Waals surface area contributed by atoms with Gasteiger partial charge >= 0.3 is 0 Å². The summed E-state index contributed by atoms with van der Waals surface area (Å²) in [5.41, 5.74) is 2.63. The maximum atomic E-state index is 13.2. The minimum Gasteiger partial charge on any atom is -0.294 e. The fraction of sp³-hybridized carbons (Fsp3) is 0.185. The largest absolute Gasteiger partial charge is 0.294 e. The van der Waals surface area contributed by atoms with E-state index in [2.05, 4.69) is 30.3 Å². The molecular weight excluding hydrogens is 432 g/mol. The Labute approximate surface area is 196 Å². The molecule has 0 saturated carbocycles. The number of nitriles is 1. The highest BCUT2D eigenvalue weighted by molar-refractivity contribution is 8.01. The molecule has 0 bridgehead atoms. The van der Waals surface area contributed by atoms with Crippen LogP contribution in [0.15, 0.2) is 77.7 Å². The summed E-state index contributed by atoms with van der Waals surface area (Å²) < 4.78 is 2.04. The van der Waals surface area contributed by atoms with Crippen LogP contribution in [-0.4, -0.2) is 12.3 Å². The Morgan fingerprint density at radius 3 is 2.56 bits per heavy atom. The van der Waals surface area contributed by atoms with Crippen molar-refractivity contribution in [2.45, 2.75) is 30.6 Å². The monoisotopic (exact) mass is 454 g/mol. The highest BCUT2D eigenvalue weighted by atomic mass is 32.2. The Balaban J connectivity index is 1.57. The number of fused-ring (bicyclic) bond motifs is 2. The molecule has 1 aromatic heterocycles. The molecular formula is C27H22N2OS2. The fourth-order valence-corrected chi connectivity index (χ4v) is 6.71. The highest BCUT2D eigenvalue weighted by Gasteiger charge is 2.26. The zero-order chi connectivity index (χ0) is 21.9. The van der Waals surface area contributed by atoms with Gasteiger partial charge in [-0.25, -0.2) is 0 Å². The number of hydrogen-bond donors (Lipinski definition) is 0. The van der Waals surface area contributed by atoms with E-state index in [1.165, 1.54) is 10.4 Å². The van der Waals surface area contributed by atoms with Crippen molar-refractivity contribution < 1.29 is 4.79 Å². The minimum absolute atomic E-state index is 0.0496. The van der Waals surface area contributed by atoms with Gasteiger partial charge in [-0.3, -0.25) is 9.10 Å². The molecule has 0 aliphatic heterocycles. The Morgan fingerprint density at radius 1 is 0.969 bits per heavy atom. The molecule has 5 heteroatoms. The van der Waals surface area contributed by atoms with E-state index in [9.17, 15) is 10.1 Å². The van der Waals surface area contributed by atoms with E-state index >= 15 is 0 Å². The van der Waals surface area contributed by atoms with E-state index in [-0.39, 0.29) is 12.3 Å². The first kappa shape index (κ1) is 20.8. The minimum atomic E-state index is 0.0496. The number of aryl methyl sites for hydroxylation is 1. The zero-order valence-corrected chi connectivity index (χ0v) is 19.2. The number of carbonyl (C=O) groups is 1. The van der Waals surface area contributed by atoms with Crippen molar-refractivity contribution in [3.63, 3.8) is 0 Å². The van der Waals surface area contributed by atoms with E-state index in [4.69, 9.17) is 0 Å². The lowest BCUT2D eigenvalue weighted by Gasteiger charge is -2.22. The third kappa shape index (κ3) is 4.04. The van der Waals surface area contributed by atoms with Crippen molar-refractivity contribution in [2.75, 3.05) is 10.8 Å². The van der Waals surface area contributed by atoms with Crippen LogP contribution in [0.1, 0.15) is 39.2 Å². The molecule has 0 spiro atoms. The molecule has 0 fully saturated rings. The SMILES string of the molecule is N#Cc1c(N(CC(=O)c2ccccc2)Sc2cccc3ccccc23)sc2c1CCCC2. The van der Waals surface area contributed by atoms with Gasteiger partial charge < -0.3 is 0 Å². The Bertz CT molecular complexity index is 1320. The number of thiophene rings is 1. The van der Waals surface area contributed by atoms with Gasteiger partial charge in [0.2, 0.25) is 0 Å². The lowest BCUT2D eigenvalue weighted by molar-refractivity contribution is 0.100. The zero-order valence-electron chi connectivity index (χ0n) is 17.6. The summed E-state index contributed by atoms with van der Waals surface area (Å²) >= 11 is 3.25. The van der Waals surface area contributed by atoms with Gasteiger partial charge in [0.05, 0.1) is 12.1 Å². The summed E-state index contributed by atoms with van der Waals surface area (Å²) in [7, 11) is 0. The first-order chi connectivity index (χ1) is 15.7. The number of anilines is 1. The molecule has 0 unspecified atom stereocenters. The second kappa shape index (κ2) is 9.20. The number of benzene rings is 3. The average Bonchev–Trinajstić information content (AvgIpc) is 3.23. The summed E-state index contributed by atoms with van der Waals surface area (Å²) in [4.78, 5) is 15.6. The number of hydrogen-bond acceptors (Lipinski definition) is 5. The van der Waals surface area contributed by atoms with Gasteiger partial charge in [0.1, 0.15) is 11.1 Å². The van der Waals surface area contributed by atoms with Gasteiger partial charge in [-0.2, -0.15) is 5.26 Å². The van der Waals surface area contributed by atoms with E-state index in [1.54, 1.807) is 23.3 Å². The van der Waals surface area contributed by atoms with Crippen molar-refractivity contribution >= 4 is 44.8 Å². The first-order valence-corrected chi connectivity index (χ1v) is 12.4. The van der Waals surface area contributed by atoms with Gasteiger partial charge in [-0.05, 0) is 60.0 Å². The van der Waals surface area contributed by atoms with E-state index < -0.39 is 0 Å². The van der Waals surface area contributed by atoms with E-state index in [0.29, 0.717) is 5.56 Å². The molecule has 4 aromatic rings. The molecule has 0 saturated heterocycles. The number of nitrogens with zero attached hydrogens (tertiary/aromatic N) is 2. The highest BCUT2D eigenvalue weighted by Crippen LogP contribution is 2.44. The van der Waals surface area contributed by atoms with Crippen molar-refractivity contribution in [2.24, 2.45) is 0 Å². The molecule has 3 nitrogen and oxygen atoms in total. The van der Waals surface area contributed by atoms with Gasteiger partial charge in [0, 0.05) is 15.3 Å². The van der Waals surface area contributed by atoms with Crippen LogP contribution in [0, 0.1) is 11.3 Å². The molecule has 0 amide bonds. The molecule has 0 atom stereocenters. The van der Waals surface area contributed by atoms with Crippen LogP contribution in [0.5, 0.6) is 0 Å². The van der Waals surface area contributed by atoms with Gasteiger partial charge in [-0.15, -0.1) is 11.3 Å². The molecule has 0 radical (unpaired) electrons. The molecule has 3 aromatic carbocycles. The third-order valence-electron chi connectivity index (χ3n) is 5.83. The fourth-order valence-electron chi connectivity index (χ4n) is 4.23. The second-order valence-corrected chi connectivity index (χ2v) is 10.0. The number of ketones is 1. The second-order valence-electron chi connectivity index (χ2n) is 7.90. The molecule has 32 heavy (non-hydrogen) atoms. The lowest BCUT2D eigenvalue weighted by atomic mass is 9.96. The van der Waals surface area contributed by atoms with Gasteiger partial charge in [0.15, 0.2) is 5.78 Å².